The summed E-state index contributed by atoms with van der Waals surface area (Å²) in [6.45, 7) is 8.30. The van der Waals surface area contributed by atoms with Crippen LogP contribution >= 0.6 is 0 Å². The molecule has 0 atom stereocenters. The summed E-state index contributed by atoms with van der Waals surface area (Å²) in [6.07, 6.45) is 8.16. The van der Waals surface area contributed by atoms with Gasteiger partial charge in [0.1, 0.15) is 0 Å². The molecule has 110 valence electrons. The summed E-state index contributed by atoms with van der Waals surface area (Å²) in [6, 6.07) is 0. The van der Waals surface area contributed by atoms with Crippen LogP contribution in [-0.2, 0) is 4.79 Å². The van der Waals surface area contributed by atoms with Crippen molar-refractivity contribution in [1.82, 2.24) is 9.97 Å². The van der Waals surface area contributed by atoms with Gasteiger partial charge in [0.2, 0.25) is 5.95 Å². The predicted molar refractivity (Wildman–Crippen MR) is 80.7 cm³/mol. The molecule has 0 aliphatic rings. The molecule has 0 aromatic carbocycles. The number of carboxylic acid groups (broad SMARTS) is 1. The first-order valence-corrected chi connectivity index (χ1v) is 7.08. The van der Waals surface area contributed by atoms with Crippen molar-refractivity contribution in [3.8, 4) is 0 Å². The summed E-state index contributed by atoms with van der Waals surface area (Å²) in [5.74, 6) is 0.370. The molecular weight excluding hydrogens is 254 g/mol. The maximum Gasteiger partial charge on any atom is 0.328 e. The molecule has 1 aromatic rings. The van der Waals surface area contributed by atoms with Gasteiger partial charge >= 0.3 is 5.97 Å². The normalized spacial score (nSPS) is 11.2. The number of rotatable bonds is 8. The monoisotopic (exact) mass is 277 g/mol. The third-order valence-electron chi connectivity index (χ3n) is 3.37. The van der Waals surface area contributed by atoms with E-state index in [9.17, 15) is 4.79 Å². The molecule has 5 nitrogen and oxygen atoms in total. The highest BCUT2D eigenvalue weighted by Gasteiger charge is 2.12. The Morgan fingerprint density at radius 1 is 1.30 bits per heavy atom. The number of carbonyl (C=O) groups is 1. The first kappa shape index (κ1) is 16.1. The Kier molecular flexibility index (Phi) is 6.70. The molecule has 0 saturated carbocycles. The quantitative estimate of drug-likeness (QED) is 0.740. The molecule has 0 aliphatic heterocycles. The highest BCUT2D eigenvalue weighted by atomic mass is 16.4. The van der Waals surface area contributed by atoms with Crippen LogP contribution in [0.4, 0.5) is 5.95 Å². The van der Waals surface area contributed by atoms with Gasteiger partial charge in [-0.05, 0) is 18.9 Å². The van der Waals surface area contributed by atoms with Crippen LogP contribution in [0.5, 0.6) is 0 Å². The summed E-state index contributed by atoms with van der Waals surface area (Å²) in [5, 5.41) is 8.57. The van der Waals surface area contributed by atoms with Gasteiger partial charge in [0.15, 0.2) is 0 Å². The number of nitrogens with zero attached hydrogens (tertiary/aromatic N) is 3. The van der Waals surface area contributed by atoms with Crippen molar-refractivity contribution in [2.45, 2.75) is 33.6 Å². The van der Waals surface area contributed by atoms with Gasteiger partial charge < -0.3 is 10.0 Å². The van der Waals surface area contributed by atoms with Crippen LogP contribution in [-0.4, -0.2) is 34.1 Å². The van der Waals surface area contributed by atoms with Crippen LogP contribution < -0.4 is 4.90 Å². The number of hydrogen-bond donors (Lipinski definition) is 1. The topological polar surface area (TPSA) is 66.3 Å². The lowest BCUT2D eigenvalue weighted by Crippen LogP contribution is -2.30. The number of carboxylic acids is 1. The zero-order chi connectivity index (χ0) is 15.0. The smallest absolute Gasteiger partial charge is 0.328 e. The summed E-state index contributed by atoms with van der Waals surface area (Å²) in [7, 11) is 0. The van der Waals surface area contributed by atoms with E-state index < -0.39 is 5.97 Å². The summed E-state index contributed by atoms with van der Waals surface area (Å²) < 4.78 is 0. The molecule has 5 heteroatoms. The standard InChI is InChI=1S/C15H23N3O2/c1-4-12(5-2)11-18(6-3)15-16-9-13(10-17-15)7-8-14(19)20/h7-10,12H,4-6,11H2,1-3H3,(H,19,20)/b8-7+. The highest BCUT2D eigenvalue weighted by Crippen LogP contribution is 2.14. The first-order chi connectivity index (χ1) is 9.60. The Morgan fingerprint density at radius 3 is 2.35 bits per heavy atom. The van der Waals surface area contributed by atoms with E-state index in [0.717, 1.165) is 32.0 Å². The number of anilines is 1. The van der Waals surface area contributed by atoms with Crippen molar-refractivity contribution < 1.29 is 9.90 Å². The molecule has 0 saturated heterocycles. The highest BCUT2D eigenvalue weighted by molar-refractivity contribution is 5.85. The fourth-order valence-electron chi connectivity index (χ4n) is 1.96. The van der Waals surface area contributed by atoms with Gasteiger partial charge in [-0.1, -0.05) is 26.7 Å². The Morgan fingerprint density at radius 2 is 1.90 bits per heavy atom. The molecule has 0 bridgehead atoms. The van der Waals surface area contributed by atoms with Crippen molar-refractivity contribution in [2.24, 2.45) is 5.92 Å². The van der Waals surface area contributed by atoms with E-state index >= 15 is 0 Å². The van der Waals surface area contributed by atoms with Crippen molar-refractivity contribution >= 4 is 18.0 Å². The molecule has 1 aromatic heterocycles. The molecule has 0 radical (unpaired) electrons. The van der Waals surface area contributed by atoms with Gasteiger partial charge in [0, 0.05) is 37.1 Å². The van der Waals surface area contributed by atoms with Gasteiger partial charge in [0.25, 0.3) is 0 Å². The second-order valence-corrected chi connectivity index (χ2v) is 4.71. The number of hydrogen-bond acceptors (Lipinski definition) is 4. The van der Waals surface area contributed by atoms with E-state index in [2.05, 4.69) is 35.6 Å². The second-order valence-electron chi connectivity index (χ2n) is 4.71. The second kappa shape index (κ2) is 8.30. The van der Waals surface area contributed by atoms with Crippen LogP contribution in [0.2, 0.25) is 0 Å². The largest absolute Gasteiger partial charge is 0.478 e. The summed E-state index contributed by atoms with van der Waals surface area (Å²) in [5.41, 5.74) is 0.690. The minimum absolute atomic E-state index is 0.644. The zero-order valence-corrected chi connectivity index (χ0v) is 12.4. The number of aromatic nitrogens is 2. The van der Waals surface area contributed by atoms with Gasteiger partial charge in [-0.2, -0.15) is 0 Å². The molecule has 0 fully saturated rings. The molecule has 1 N–H and O–H groups in total. The Balaban J connectivity index is 2.76. The lowest BCUT2D eigenvalue weighted by molar-refractivity contribution is -0.131. The van der Waals surface area contributed by atoms with Crippen molar-refractivity contribution in [3.05, 3.63) is 24.0 Å². The van der Waals surface area contributed by atoms with E-state index in [0.29, 0.717) is 17.4 Å². The summed E-state index contributed by atoms with van der Waals surface area (Å²) in [4.78, 5) is 21.2. The third kappa shape index (κ3) is 4.99. The average molecular weight is 277 g/mol. The van der Waals surface area contributed by atoms with E-state index in [1.54, 1.807) is 12.4 Å². The minimum Gasteiger partial charge on any atom is -0.478 e. The van der Waals surface area contributed by atoms with Crippen molar-refractivity contribution in [3.63, 3.8) is 0 Å². The lowest BCUT2D eigenvalue weighted by Gasteiger charge is -2.25. The van der Waals surface area contributed by atoms with Crippen LogP contribution in [0.25, 0.3) is 6.08 Å². The Bertz CT molecular complexity index is 439. The third-order valence-corrected chi connectivity index (χ3v) is 3.37. The summed E-state index contributed by atoms with van der Waals surface area (Å²) >= 11 is 0. The van der Waals surface area contributed by atoms with Crippen LogP contribution in [0.3, 0.4) is 0 Å². The van der Waals surface area contributed by atoms with Gasteiger partial charge in [-0.15, -0.1) is 0 Å². The average Bonchev–Trinajstić information content (AvgIpc) is 2.47. The Labute approximate surface area is 120 Å². The van der Waals surface area contributed by atoms with Crippen LogP contribution in [0.1, 0.15) is 39.2 Å². The maximum atomic E-state index is 10.4. The number of aliphatic carboxylic acids is 1. The van der Waals surface area contributed by atoms with Crippen LogP contribution in [0, 0.1) is 5.92 Å². The zero-order valence-electron chi connectivity index (χ0n) is 12.4. The van der Waals surface area contributed by atoms with Gasteiger partial charge in [-0.3, -0.25) is 0 Å². The molecule has 0 amide bonds. The van der Waals surface area contributed by atoms with Gasteiger partial charge in [-0.25, -0.2) is 14.8 Å². The fourth-order valence-corrected chi connectivity index (χ4v) is 1.96. The van der Waals surface area contributed by atoms with E-state index in [1.807, 2.05) is 0 Å². The molecule has 0 spiro atoms. The van der Waals surface area contributed by atoms with E-state index in [1.165, 1.54) is 6.08 Å². The predicted octanol–water partition coefficient (Wildman–Crippen LogP) is 2.84. The first-order valence-electron chi connectivity index (χ1n) is 7.08. The molecule has 0 unspecified atom stereocenters. The fraction of sp³-hybridized carbons (Fsp3) is 0.533. The van der Waals surface area contributed by atoms with Gasteiger partial charge in [0.05, 0.1) is 0 Å². The van der Waals surface area contributed by atoms with Crippen molar-refractivity contribution in [2.75, 3.05) is 18.0 Å². The molecular formula is C15H23N3O2. The molecule has 20 heavy (non-hydrogen) atoms. The minimum atomic E-state index is -0.974. The maximum absolute atomic E-state index is 10.4. The Hall–Kier alpha value is -1.91. The van der Waals surface area contributed by atoms with E-state index in [4.69, 9.17) is 5.11 Å². The molecule has 1 rings (SSSR count). The van der Waals surface area contributed by atoms with Crippen molar-refractivity contribution in [1.29, 1.82) is 0 Å². The lowest BCUT2D eigenvalue weighted by atomic mass is 10.0. The van der Waals surface area contributed by atoms with E-state index in [-0.39, 0.29) is 0 Å². The SMILES string of the molecule is CCC(CC)CN(CC)c1ncc(/C=C/C(=O)O)cn1. The molecule has 0 aliphatic carbocycles. The van der Waals surface area contributed by atoms with Crippen LogP contribution in [0.15, 0.2) is 18.5 Å². The molecule has 1 heterocycles.